The van der Waals surface area contributed by atoms with Gasteiger partial charge in [0, 0.05) is 37.4 Å². The molecule has 456 valence electrons. The first-order chi connectivity index (χ1) is 40.9. The largest absolute Gasteiger partial charge is 0.489 e. The number of hydrogen-bond donors (Lipinski definition) is 4. The van der Waals surface area contributed by atoms with Gasteiger partial charge in [-0.15, -0.1) is 0 Å². The quantitative estimate of drug-likeness (QED) is 0.0552. The summed E-state index contributed by atoms with van der Waals surface area (Å²) in [5.74, 6) is 0.823. The van der Waals surface area contributed by atoms with Crippen LogP contribution in [0, 0.1) is 13.8 Å². The summed E-state index contributed by atoms with van der Waals surface area (Å²) in [6, 6.07) is 52.7. The van der Waals surface area contributed by atoms with Gasteiger partial charge in [0.2, 0.25) is 0 Å². The van der Waals surface area contributed by atoms with E-state index in [1.54, 1.807) is 0 Å². The zero-order valence-corrected chi connectivity index (χ0v) is 54.4. The Morgan fingerprint density at radius 3 is 1.37 bits per heavy atom. The Balaban J connectivity index is 0.000000170. The van der Waals surface area contributed by atoms with E-state index in [1.165, 1.54) is 70.8 Å². The molecule has 0 saturated carbocycles. The second kappa shape index (κ2) is 26.7. The van der Waals surface area contributed by atoms with Gasteiger partial charge in [-0.25, -0.2) is 4.98 Å². The summed E-state index contributed by atoms with van der Waals surface area (Å²) >= 11 is 0. The second-order valence-electron chi connectivity index (χ2n) is 27.0. The summed E-state index contributed by atoms with van der Waals surface area (Å²) in [5, 5.41) is 40.3. The minimum absolute atomic E-state index is 0.302. The SMILES string of the molecule is CN(C)c1ccc(/C=C/c2ccc(OCC3=CC(C)(C)N(O)C3(C)C)cc2)cc1.Cc1ccc(/C=C/c2ccc(CCC3=CC(C)(C)N(O)C3(C)C)cc2)cc1.Cc1ccc2nc(/C=C/c3ccc(NCC4=CC(C)(C)N(O)C4(C)C)cc3)ccc2c1. The van der Waals surface area contributed by atoms with E-state index in [-0.39, 0.29) is 27.7 Å². The number of anilines is 2. The first-order valence-electron chi connectivity index (χ1n) is 30.5. The Kier molecular flexibility index (Phi) is 20.1. The summed E-state index contributed by atoms with van der Waals surface area (Å²) in [6.45, 7) is 29.8. The summed E-state index contributed by atoms with van der Waals surface area (Å²) in [7, 11) is 4.08. The number of rotatable bonds is 16. The normalized spacial score (nSPS) is 18.3. The van der Waals surface area contributed by atoms with Crippen molar-refractivity contribution in [2.45, 2.75) is 143 Å². The van der Waals surface area contributed by atoms with Crippen LogP contribution in [0.4, 0.5) is 11.4 Å². The first-order valence-corrected chi connectivity index (χ1v) is 30.5. The van der Waals surface area contributed by atoms with Crippen LogP contribution in [0.2, 0.25) is 0 Å². The molecule has 0 fully saturated rings. The van der Waals surface area contributed by atoms with E-state index in [0.717, 1.165) is 52.2 Å². The molecule has 10 heteroatoms. The molecule has 3 aliphatic heterocycles. The van der Waals surface area contributed by atoms with Crippen molar-refractivity contribution in [3.05, 3.63) is 237 Å². The fraction of sp³-hybridized carbons (Fsp3) is 0.338. The van der Waals surface area contributed by atoms with Crippen molar-refractivity contribution in [2.75, 3.05) is 37.5 Å². The lowest BCUT2D eigenvalue weighted by atomic mass is 9.91. The predicted octanol–water partition coefficient (Wildman–Crippen LogP) is 18.1. The number of nitrogens with zero attached hydrogens (tertiary/aromatic N) is 5. The van der Waals surface area contributed by atoms with Gasteiger partial charge in [0.05, 0.1) is 44.4 Å². The van der Waals surface area contributed by atoms with Gasteiger partial charge in [-0.1, -0.05) is 162 Å². The smallest absolute Gasteiger partial charge is 0.119 e. The fourth-order valence-electron chi connectivity index (χ4n) is 11.7. The lowest BCUT2D eigenvalue weighted by Crippen LogP contribution is -2.48. The molecule has 4 N–H and O–H groups in total. The third-order valence-corrected chi connectivity index (χ3v) is 17.2. The number of nitrogens with one attached hydrogen (secondary N) is 1. The number of benzene rings is 6. The average molecular weight is 1170 g/mol. The highest BCUT2D eigenvalue weighted by molar-refractivity contribution is 5.82. The van der Waals surface area contributed by atoms with Gasteiger partial charge in [0.15, 0.2) is 0 Å². The van der Waals surface area contributed by atoms with Gasteiger partial charge in [-0.2, -0.15) is 15.2 Å². The third kappa shape index (κ3) is 16.3. The molecule has 0 radical (unpaired) electrons. The zero-order valence-electron chi connectivity index (χ0n) is 54.4. The van der Waals surface area contributed by atoms with Crippen molar-refractivity contribution in [1.29, 1.82) is 0 Å². The van der Waals surface area contributed by atoms with Crippen molar-refractivity contribution in [1.82, 2.24) is 20.2 Å². The highest BCUT2D eigenvalue weighted by Gasteiger charge is 2.47. The van der Waals surface area contributed by atoms with Gasteiger partial charge >= 0.3 is 0 Å². The summed E-state index contributed by atoms with van der Waals surface area (Å²) in [5.41, 5.74) is 15.3. The Morgan fingerprint density at radius 1 is 0.460 bits per heavy atom. The van der Waals surface area contributed by atoms with E-state index in [4.69, 9.17) is 9.72 Å². The highest BCUT2D eigenvalue weighted by atomic mass is 16.5. The second-order valence-corrected chi connectivity index (χ2v) is 27.0. The summed E-state index contributed by atoms with van der Waals surface area (Å²) in [4.78, 5) is 6.82. The van der Waals surface area contributed by atoms with Crippen molar-refractivity contribution >= 4 is 58.7 Å². The Morgan fingerprint density at radius 2 is 0.885 bits per heavy atom. The van der Waals surface area contributed by atoms with Gasteiger partial charge in [0.1, 0.15) is 12.4 Å². The number of aryl methyl sites for hydroxylation is 3. The molecule has 0 aliphatic carbocycles. The molecule has 0 spiro atoms. The minimum atomic E-state index is -0.436. The van der Waals surface area contributed by atoms with E-state index < -0.39 is 5.54 Å². The maximum atomic E-state index is 10.5. The number of pyridine rings is 1. The highest BCUT2D eigenvalue weighted by Crippen LogP contribution is 2.42. The molecule has 3 aliphatic rings. The van der Waals surface area contributed by atoms with E-state index >= 15 is 0 Å². The van der Waals surface area contributed by atoms with Crippen LogP contribution in [-0.4, -0.2) is 96.3 Å². The third-order valence-electron chi connectivity index (χ3n) is 17.2. The molecule has 0 amide bonds. The molecule has 1 aromatic heterocycles. The average Bonchev–Trinajstić information content (AvgIpc) is 1.80. The van der Waals surface area contributed by atoms with E-state index in [1.807, 2.05) is 87.7 Å². The lowest BCUT2D eigenvalue weighted by molar-refractivity contribution is -0.185. The lowest BCUT2D eigenvalue weighted by Gasteiger charge is -2.36. The number of fused-ring (bicyclic) bond motifs is 1. The molecule has 0 saturated heterocycles. The fourth-order valence-corrected chi connectivity index (χ4v) is 11.7. The van der Waals surface area contributed by atoms with Crippen LogP contribution in [-0.2, 0) is 6.42 Å². The molecule has 0 bridgehead atoms. The minimum Gasteiger partial charge on any atom is -0.489 e. The zero-order chi connectivity index (χ0) is 63.1. The molecule has 6 aromatic carbocycles. The van der Waals surface area contributed by atoms with E-state index in [0.29, 0.717) is 13.2 Å². The molecule has 4 heterocycles. The molecule has 10 nitrogen and oxygen atoms in total. The first kappa shape index (κ1) is 65.3. The molecule has 10 rings (SSSR count). The maximum absolute atomic E-state index is 10.5. The van der Waals surface area contributed by atoms with Gasteiger partial charge in [-0.05, 0) is 215 Å². The molecular weight excluding hydrogens is 1070 g/mol. The van der Waals surface area contributed by atoms with Crippen LogP contribution >= 0.6 is 0 Å². The molecule has 87 heavy (non-hydrogen) atoms. The van der Waals surface area contributed by atoms with Crippen molar-refractivity contribution < 1.29 is 20.4 Å². The van der Waals surface area contributed by atoms with Crippen LogP contribution in [0.3, 0.4) is 0 Å². The van der Waals surface area contributed by atoms with Crippen molar-refractivity contribution in [2.24, 2.45) is 0 Å². The molecule has 0 atom stereocenters. The van der Waals surface area contributed by atoms with Gasteiger partial charge in [-0.3, -0.25) is 0 Å². The number of aromatic nitrogens is 1. The molecule has 0 unspecified atom stereocenters. The number of hydrogen-bond acceptors (Lipinski definition) is 10. The van der Waals surface area contributed by atoms with Crippen LogP contribution in [0.25, 0.3) is 47.4 Å². The number of hydroxylamine groups is 6. The van der Waals surface area contributed by atoms with Crippen LogP contribution in [0.5, 0.6) is 5.75 Å². The Bertz CT molecular complexity index is 3660. The van der Waals surface area contributed by atoms with Gasteiger partial charge in [0.25, 0.3) is 0 Å². The van der Waals surface area contributed by atoms with Crippen LogP contribution in [0.1, 0.15) is 140 Å². The standard InChI is InChI=1S/C27H31N3O.C25H32N2O2.C25H31NO/c1-19-6-15-25-21(16-19)10-14-24(29-25)13-9-20-7-11-23(12-8-20)28-18-22-17-26(2,3)30(31)27(22,4)5;1-24(2)17-21(25(3,4)27(24)28)18-29-23-15-11-20(12-16-23)8-7-19-9-13-22(14-10-19)26(5)6;1-19-6-8-20(9-7-19)10-11-21-12-14-22(15-13-21)16-17-23-18-24(2,3)26(27)25(23,4)5/h6-17,28,31H,18H2,1-5H3;7-17,28H,18H2,1-6H3;6-15,18,27H,16-17H2,1-5H3/b13-9+;8-7+;11-10+. The van der Waals surface area contributed by atoms with E-state index in [2.05, 4.69) is 240 Å². The summed E-state index contributed by atoms with van der Waals surface area (Å²) in [6.07, 6.45) is 21.1. The van der Waals surface area contributed by atoms with E-state index in [9.17, 15) is 15.6 Å². The van der Waals surface area contributed by atoms with Crippen molar-refractivity contribution in [3.63, 3.8) is 0 Å². The maximum Gasteiger partial charge on any atom is 0.119 e. The molecular formula is C77H94N6O4. The van der Waals surface area contributed by atoms with Crippen LogP contribution in [0.15, 0.2) is 187 Å². The van der Waals surface area contributed by atoms with Crippen LogP contribution < -0.4 is 15.0 Å². The number of ether oxygens (including phenoxy) is 1. The Labute approximate surface area is 519 Å². The summed E-state index contributed by atoms with van der Waals surface area (Å²) < 4.78 is 5.99. The van der Waals surface area contributed by atoms with Crippen molar-refractivity contribution in [3.8, 4) is 5.75 Å². The monoisotopic (exact) mass is 1170 g/mol. The predicted molar refractivity (Wildman–Crippen MR) is 366 cm³/mol. The topological polar surface area (TPSA) is 108 Å². The Hall–Kier alpha value is -7.67. The molecule has 7 aromatic rings. The van der Waals surface area contributed by atoms with Gasteiger partial charge < -0.3 is 30.6 Å².